The molecule has 1 saturated carbocycles. The van der Waals surface area contributed by atoms with E-state index in [1.807, 2.05) is 24.1 Å². The first kappa shape index (κ1) is 19.9. The number of imidazole rings is 1. The molecule has 6 nitrogen and oxygen atoms in total. The summed E-state index contributed by atoms with van der Waals surface area (Å²) in [6.07, 6.45) is 8.23. The molecule has 2 aromatic rings. The van der Waals surface area contributed by atoms with Gasteiger partial charge in [0.25, 0.3) is 0 Å². The summed E-state index contributed by atoms with van der Waals surface area (Å²) in [6, 6.07) is 6.45. The van der Waals surface area contributed by atoms with Gasteiger partial charge in [0.1, 0.15) is 5.82 Å². The van der Waals surface area contributed by atoms with Crippen LogP contribution in [0.15, 0.2) is 18.2 Å². The number of H-pyrrole nitrogens is 1. The zero-order valence-corrected chi connectivity index (χ0v) is 17.6. The van der Waals surface area contributed by atoms with Gasteiger partial charge in [-0.3, -0.25) is 9.59 Å². The summed E-state index contributed by atoms with van der Waals surface area (Å²) >= 11 is 0. The molecule has 4 rings (SSSR count). The van der Waals surface area contributed by atoms with Gasteiger partial charge < -0.3 is 14.8 Å². The van der Waals surface area contributed by atoms with Crippen LogP contribution in [-0.4, -0.2) is 51.2 Å². The quantitative estimate of drug-likeness (QED) is 0.800. The Labute approximate surface area is 172 Å². The topological polar surface area (TPSA) is 69.3 Å². The Morgan fingerprint density at radius 3 is 2.72 bits per heavy atom. The average Bonchev–Trinajstić information content (AvgIpc) is 2.91. The van der Waals surface area contributed by atoms with Crippen molar-refractivity contribution in [3.05, 3.63) is 29.6 Å². The maximum Gasteiger partial charge on any atom is 0.227 e. The molecule has 0 unspecified atom stereocenters. The lowest BCUT2D eigenvalue weighted by Gasteiger charge is -2.38. The van der Waals surface area contributed by atoms with Crippen LogP contribution in [0, 0.1) is 12.8 Å². The Bertz CT molecular complexity index is 882. The second kappa shape index (κ2) is 8.56. The smallest absolute Gasteiger partial charge is 0.227 e. The van der Waals surface area contributed by atoms with Gasteiger partial charge in [0.05, 0.1) is 23.5 Å². The third-order valence-electron chi connectivity index (χ3n) is 6.51. The van der Waals surface area contributed by atoms with Crippen LogP contribution >= 0.6 is 0 Å². The van der Waals surface area contributed by atoms with E-state index in [2.05, 4.69) is 23.0 Å². The molecule has 1 aliphatic heterocycles. The van der Waals surface area contributed by atoms with E-state index in [-0.39, 0.29) is 17.7 Å². The summed E-state index contributed by atoms with van der Waals surface area (Å²) in [5.41, 5.74) is 3.11. The summed E-state index contributed by atoms with van der Waals surface area (Å²) in [5.74, 6) is 1.05. The Balaban J connectivity index is 1.41. The zero-order valence-electron chi connectivity index (χ0n) is 17.6. The fourth-order valence-electron chi connectivity index (χ4n) is 4.86. The molecule has 2 fully saturated rings. The van der Waals surface area contributed by atoms with Gasteiger partial charge in [0.15, 0.2) is 0 Å². The zero-order chi connectivity index (χ0) is 20.4. The molecular weight excluding hydrogens is 364 g/mol. The predicted molar refractivity (Wildman–Crippen MR) is 113 cm³/mol. The van der Waals surface area contributed by atoms with Gasteiger partial charge in [-0.1, -0.05) is 31.7 Å². The number of carbonyl (C=O) groups excluding carboxylic acids is 2. The number of piperidine rings is 1. The highest BCUT2D eigenvalue weighted by Gasteiger charge is 2.35. The maximum atomic E-state index is 13.1. The molecule has 0 radical (unpaired) electrons. The van der Waals surface area contributed by atoms with Crippen LogP contribution in [0.5, 0.6) is 0 Å². The third kappa shape index (κ3) is 4.46. The second-order valence-electron chi connectivity index (χ2n) is 8.83. The Kier molecular flexibility index (Phi) is 5.88. The molecule has 1 saturated heterocycles. The molecule has 2 aliphatic rings. The van der Waals surface area contributed by atoms with E-state index < -0.39 is 0 Å². The molecule has 1 N–H and O–H groups in total. The Morgan fingerprint density at radius 2 is 1.97 bits per heavy atom. The molecule has 0 spiro atoms. The number of fused-ring (bicyclic) bond motifs is 1. The molecule has 0 bridgehead atoms. The third-order valence-corrected chi connectivity index (χ3v) is 6.51. The van der Waals surface area contributed by atoms with Crippen LogP contribution in [0.4, 0.5) is 0 Å². The van der Waals surface area contributed by atoms with Crippen LogP contribution in [0.3, 0.4) is 0 Å². The number of benzene rings is 1. The molecular formula is C23H32N4O2. The van der Waals surface area contributed by atoms with Crippen LogP contribution in [0.25, 0.3) is 11.0 Å². The second-order valence-corrected chi connectivity index (χ2v) is 8.83. The summed E-state index contributed by atoms with van der Waals surface area (Å²) in [6.45, 7) is 3.09. The monoisotopic (exact) mass is 396 g/mol. The number of nitrogens with zero attached hydrogens (tertiary/aromatic N) is 3. The number of hydrogen-bond acceptors (Lipinski definition) is 3. The van der Waals surface area contributed by atoms with Gasteiger partial charge in [-0.2, -0.15) is 0 Å². The van der Waals surface area contributed by atoms with Gasteiger partial charge in [0.2, 0.25) is 11.8 Å². The number of aromatic amines is 1. The highest BCUT2D eigenvalue weighted by molar-refractivity contribution is 5.84. The van der Waals surface area contributed by atoms with E-state index in [1.165, 1.54) is 31.2 Å². The van der Waals surface area contributed by atoms with E-state index in [4.69, 9.17) is 0 Å². The number of aromatic nitrogens is 2. The highest BCUT2D eigenvalue weighted by atomic mass is 16.2. The molecule has 1 aliphatic carbocycles. The van der Waals surface area contributed by atoms with Crippen molar-refractivity contribution >= 4 is 22.8 Å². The molecule has 2 amide bonds. The van der Waals surface area contributed by atoms with Crippen molar-refractivity contribution in [2.75, 3.05) is 13.6 Å². The number of hydrogen-bond donors (Lipinski definition) is 1. The van der Waals surface area contributed by atoms with Crippen molar-refractivity contribution < 1.29 is 9.59 Å². The molecule has 1 atom stereocenters. The fraction of sp³-hybridized carbons (Fsp3) is 0.609. The van der Waals surface area contributed by atoms with E-state index in [0.717, 1.165) is 29.7 Å². The number of nitrogens with one attached hydrogen (secondary N) is 1. The normalized spacial score (nSPS) is 21.4. The number of rotatable bonds is 4. The summed E-state index contributed by atoms with van der Waals surface area (Å²) in [5, 5.41) is 0. The Hall–Kier alpha value is -2.37. The van der Waals surface area contributed by atoms with Crippen molar-refractivity contribution in [2.45, 2.75) is 70.9 Å². The summed E-state index contributed by atoms with van der Waals surface area (Å²) < 4.78 is 0. The van der Waals surface area contributed by atoms with Crippen LogP contribution in [-0.2, 0) is 16.1 Å². The van der Waals surface area contributed by atoms with Gasteiger partial charge in [-0.15, -0.1) is 0 Å². The molecule has 6 heteroatoms. The van der Waals surface area contributed by atoms with E-state index in [0.29, 0.717) is 32.0 Å². The highest BCUT2D eigenvalue weighted by Crippen LogP contribution is 2.28. The first-order valence-electron chi connectivity index (χ1n) is 11.0. The molecule has 156 valence electrons. The predicted octanol–water partition coefficient (Wildman–Crippen LogP) is 3.79. The van der Waals surface area contributed by atoms with Gasteiger partial charge >= 0.3 is 0 Å². The van der Waals surface area contributed by atoms with Crippen LogP contribution in [0.1, 0.15) is 62.8 Å². The van der Waals surface area contributed by atoms with Crippen LogP contribution < -0.4 is 0 Å². The molecule has 29 heavy (non-hydrogen) atoms. The average molecular weight is 397 g/mol. The largest absolute Gasteiger partial charge is 0.340 e. The molecule has 1 aromatic carbocycles. The molecule has 2 heterocycles. The van der Waals surface area contributed by atoms with Crippen LogP contribution in [0.2, 0.25) is 0 Å². The van der Waals surface area contributed by atoms with Crippen molar-refractivity contribution in [1.29, 1.82) is 0 Å². The number of amides is 2. The first-order chi connectivity index (χ1) is 14.0. The van der Waals surface area contributed by atoms with Gasteiger partial charge in [-0.25, -0.2) is 4.98 Å². The van der Waals surface area contributed by atoms with Gasteiger partial charge in [0, 0.05) is 26.1 Å². The Morgan fingerprint density at radius 1 is 1.21 bits per heavy atom. The minimum atomic E-state index is -0.104. The standard InChI is InChI=1S/C23H32N4O2/c1-16-9-11-19-20(13-16)25-21(24-19)15-26(2)23(29)17-10-12-22(28)27(14-17)18-7-5-3-4-6-8-18/h9,11,13,17-18H,3-8,10,12,14-15H2,1-2H3,(H,24,25)/t17-/m1/s1. The number of aryl methyl sites for hydroxylation is 1. The minimum absolute atomic E-state index is 0.104. The van der Waals surface area contributed by atoms with Crippen molar-refractivity contribution in [2.24, 2.45) is 5.92 Å². The van der Waals surface area contributed by atoms with E-state index in [9.17, 15) is 9.59 Å². The lowest BCUT2D eigenvalue weighted by molar-refractivity contribution is -0.144. The summed E-state index contributed by atoms with van der Waals surface area (Å²) in [7, 11) is 1.84. The van der Waals surface area contributed by atoms with E-state index in [1.54, 1.807) is 4.90 Å². The minimum Gasteiger partial charge on any atom is -0.340 e. The van der Waals surface area contributed by atoms with Crippen molar-refractivity contribution in [3.63, 3.8) is 0 Å². The summed E-state index contributed by atoms with van der Waals surface area (Å²) in [4.78, 5) is 37.4. The van der Waals surface area contributed by atoms with Crippen molar-refractivity contribution in [3.8, 4) is 0 Å². The van der Waals surface area contributed by atoms with Gasteiger partial charge in [-0.05, 0) is 43.9 Å². The number of likely N-dealkylation sites (tertiary alicyclic amines) is 1. The fourth-order valence-corrected chi connectivity index (χ4v) is 4.86. The van der Waals surface area contributed by atoms with Crippen molar-refractivity contribution in [1.82, 2.24) is 19.8 Å². The first-order valence-corrected chi connectivity index (χ1v) is 11.0. The number of carbonyl (C=O) groups is 2. The lowest BCUT2D eigenvalue weighted by atomic mass is 9.93. The SMILES string of the molecule is Cc1ccc2nc(CN(C)C(=O)[C@@H]3CCC(=O)N(C4CCCCCC4)C3)[nH]c2c1. The lowest BCUT2D eigenvalue weighted by Crippen LogP contribution is -2.50. The maximum absolute atomic E-state index is 13.1. The van der Waals surface area contributed by atoms with E-state index >= 15 is 0 Å². The molecule has 1 aromatic heterocycles.